The third kappa shape index (κ3) is 3.83. The Balaban J connectivity index is 1.51. The average Bonchev–Trinajstić information content (AvgIpc) is 3.08. The van der Waals surface area contributed by atoms with E-state index < -0.39 is 0 Å². The van der Waals surface area contributed by atoms with Gasteiger partial charge in [0.2, 0.25) is 0 Å². The monoisotopic (exact) mass is 349 g/mol. The van der Waals surface area contributed by atoms with Gasteiger partial charge in [-0.3, -0.25) is 14.7 Å². The second kappa shape index (κ2) is 7.38. The van der Waals surface area contributed by atoms with Crippen LogP contribution < -0.4 is 0 Å². The average molecular weight is 349 g/mol. The van der Waals surface area contributed by atoms with Crippen molar-refractivity contribution in [1.82, 2.24) is 14.9 Å². The lowest BCUT2D eigenvalue weighted by atomic mass is 10.0. The lowest BCUT2D eigenvalue weighted by Crippen LogP contribution is -2.35. The lowest BCUT2D eigenvalue weighted by Gasteiger charge is -2.25. The summed E-state index contributed by atoms with van der Waals surface area (Å²) in [4.78, 5) is 23.3. The third-order valence-corrected chi connectivity index (χ3v) is 4.91. The molecule has 2 aromatic heterocycles. The minimum Gasteiger partial charge on any atom is -0.441 e. The van der Waals surface area contributed by atoms with Gasteiger partial charge in [0, 0.05) is 29.8 Å². The van der Waals surface area contributed by atoms with Gasteiger partial charge in [-0.1, -0.05) is 18.6 Å². The maximum absolute atomic E-state index is 12.4. The summed E-state index contributed by atoms with van der Waals surface area (Å²) in [5.74, 6) is 1.64. The fraction of sp³-hybridized carbons (Fsp3) is 0.381. The van der Waals surface area contributed by atoms with Gasteiger partial charge in [-0.25, -0.2) is 4.98 Å². The van der Waals surface area contributed by atoms with E-state index in [1.807, 2.05) is 31.3 Å². The summed E-state index contributed by atoms with van der Waals surface area (Å²) < 4.78 is 5.61. The number of carbonyl (C=O) groups excluding carboxylic acids is 1. The van der Waals surface area contributed by atoms with Gasteiger partial charge in [0.25, 0.3) is 0 Å². The first kappa shape index (κ1) is 16.9. The number of carbonyl (C=O) groups is 1. The van der Waals surface area contributed by atoms with Crippen LogP contribution in [0.15, 0.2) is 41.1 Å². The Labute approximate surface area is 153 Å². The summed E-state index contributed by atoms with van der Waals surface area (Å²) in [5.41, 5.74) is 1.81. The van der Waals surface area contributed by atoms with Crippen molar-refractivity contribution < 1.29 is 9.21 Å². The van der Waals surface area contributed by atoms with Crippen LogP contribution in [0, 0.1) is 6.92 Å². The fourth-order valence-electron chi connectivity index (χ4n) is 3.56. The molecule has 134 valence electrons. The highest BCUT2D eigenvalue weighted by atomic mass is 16.4. The molecule has 1 fully saturated rings. The highest BCUT2D eigenvalue weighted by Gasteiger charge is 2.15. The molecule has 3 aromatic rings. The van der Waals surface area contributed by atoms with Crippen LogP contribution in [-0.2, 0) is 11.2 Å². The lowest BCUT2D eigenvalue weighted by molar-refractivity contribution is -0.119. The smallest absolute Gasteiger partial charge is 0.191 e. The van der Waals surface area contributed by atoms with E-state index >= 15 is 0 Å². The molecule has 1 saturated heterocycles. The predicted octanol–water partition coefficient (Wildman–Crippen LogP) is 3.80. The Morgan fingerprint density at radius 1 is 1.08 bits per heavy atom. The van der Waals surface area contributed by atoms with E-state index in [1.54, 1.807) is 6.20 Å². The molecule has 0 spiro atoms. The molecule has 1 aliphatic rings. The number of Topliss-reactive ketones (excluding diaryl/α,β-unsaturated/α-hetero) is 1. The van der Waals surface area contributed by atoms with Crippen molar-refractivity contribution in [3.05, 3.63) is 48.2 Å². The van der Waals surface area contributed by atoms with Crippen LogP contribution in [0.25, 0.3) is 22.1 Å². The normalized spacial score (nSPS) is 15.4. The summed E-state index contributed by atoms with van der Waals surface area (Å²) in [6.45, 7) is 4.45. The van der Waals surface area contributed by atoms with Gasteiger partial charge in [0.15, 0.2) is 17.4 Å². The van der Waals surface area contributed by atoms with Gasteiger partial charge in [-0.2, -0.15) is 0 Å². The minimum absolute atomic E-state index is 0.237. The van der Waals surface area contributed by atoms with Crippen LogP contribution in [0.4, 0.5) is 0 Å². The number of benzene rings is 1. The van der Waals surface area contributed by atoms with E-state index in [2.05, 4.69) is 20.9 Å². The molecular weight excluding hydrogens is 326 g/mol. The Bertz CT molecular complexity index is 926. The number of aromatic nitrogens is 2. The first-order valence-corrected chi connectivity index (χ1v) is 9.23. The number of likely N-dealkylation sites (tertiary alicyclic amines) is 1. The standard InChI is InChI=1S/C21H23N3O2/c1-15-22-13-21(26-15)16-5-6-17-12-23-19(10-18(17)9-16)11-20(25)14-24-7-3-2-4-8-24/h5-6,9-10,12-13H,2-4,7-8,11,14H2,1H3. The molecule has 0 amide bonds. The minimum atomic E-state index is 0.237. The van der Waals surface area contributed by atoms with Crippen molar-refractivity contribution in [3.8, 4) is 11.3 Å². The molecule has 4 rings (SSSR count). The number of oxazole rings is 1. The van der Waals surface area contributed by atoms with Crippen LogP contribution in [0.1, 0.15) is 30.8 Å². The maximum atomic E-state index is 12.4. The summed E-state index contributed by atoms with van der Waals surface area (Å²) in [6.07, 6.45) is 7.65. The van der Waals surface area contributed by atoms with Gasteiger partial charge in [0.1, 0.15) is 0 Å². The Hall–Kier alpha value is -2.53. The molecule has 0 N–H and O–H groups in total. The molecule has 0 unspecified atom stereocenters. The Morgan fingerprint density at radius 3 is 2.69 bits per heavy atom. The summed E-state index contributed by atoms with van der Waals surface area (Å²) in [7, 11) is 0. The second-order valence-corrected chi connectivity index (χ2v) is 7.03. The molecule has 5 nitrogen and oxygen atoms in total. The van der Waals surface area contributed by atoms with E-state index in [0.29, 0.717) is 18.9 Å². The summed E-state index contributed by atoms with van der Waals surface area (Å²) in [6, 6.07) is 8.10. The van der Waals surface area contributed by atoms with Gasteiger partial charge in [0.05, 0.1) is 19.2 Å². The van der Waals surface area contributed by atoms with Gasteiger partial charge in [-0.05, 0) is 43.5 Å². The summed E-state index contributed by atoms with van der Waals surface area (Å²) in [5, 5.41) is 2.12. The van der Waals surface area contributed by atoms with Crippen molar-refractivity contribution >= 4 is 16.6 Å². The molecular formula is C21H23N3O2. The zero-order valence-electron chi connectivity index (χ0n) is 15.1. The topological polar surface area (TPSA) is 59.2 Å². The van der Waals surface area contributed by atoms with Gasteiger partial charge >= 0.3 is 0 Å². The predicted molar refractivity (Wildman–Crippen MR) is 101 cm³/mol. The maximum Gasteiger partial charge on any atom is 0.191 e. The number of hydrogen-bond acceptors (Lipinski definition) is 5. The molecule has 3 heterocycles. The van der Waals surface area contributed by atoms with Crippen LogP contribution >= 0.6 is 0 Å². The van der Waals surface area contributed by atoms with Crippen molar-refractivity contribution in [2.24, 2.45) is 0 Å². The van der Waals surface area contributed by atoms with E-state index in [1.165, 1.54) is 19.3 Å². The fourth-order valence-corrected chi connectivity index (χ4v) is 3.56. The van der Waals surface area contributed by atoms with Crippen LogP contribution in [0.5, 0.6) is 0 Å². The zero-order chi connectivity index (χ0) is 17.9. The number of aryl methyl sites for hydroxylation is 1. The van der Waals surface area contributed by atoms with E-state index in [-0.39, 0.29) is 5.78 Å². The first-order valence-electron chi connectivity index (χ1n) is 9.23. The number of ketones is 1. The van der Waals surface area contributed by atoms with Crippen molar-refractivity contribution in [1.29, 1.82) is 0 Å². The third-order valence-electron chi connectivity index (χ3n) is 4.91. The van der Waals surface area contributed by atoms with E-state index in [0.717, 1.165) is 40.9 Å². The number of piperidine rings is 1. The highest BCUT2D eigenvalue weighted by molar-refractivity contribution is 5.88. The molecule has 0 atom stereocenters. The van der Waals surface area contributed by atoms with Crippen LogP contribution in [0.2, 0.25) is 0 Å². The van der Waals surface area contributed by atoms with Gasteiger partial charge < -0.3 is 4.42 Å². The second-order valence-electron chi connectivity index (χ2n) is 7.03. The van der Waals surface area contributed by atoms with Crippen molar-refractivity contribution in [2.45, 2.75) is 32.6 Å². The Kier molecular flexibility index (Phi) is 4.80. The zero-order valence-corrected chi connectivity index (χ0v) is 15.1. The molecule has 0 bridgehead atoms. The number of rotatable bonds is 5. The SMILES string of the molecule is Cc1ncc(-c2ccc3cnc(CC(=O)CN4CCCCC4)cc3c2)o1. The van der Waals surface area contributed by atoms with Crippen LogP contribution in [-0.4, -0.2) is 40.3 Å². The van der Waals surface area contributed by atoms with Crippen molar-refractivity contribution in [2.75, 3.05) is 19.6 Å². The first-order chi connectivity index (χ1) is 12.7. The molecule has 1 aromatic carbocycles. The number of pyridine rings is 1. The quantitative estimate of drug-likeness (QED) is 0.701. The molecule has 0 saturated carbocycles. The highest BCUT2D eigenvalue weighted by Crippen LogP contribution is 2.25. The van der Waals surface area contributed by atoms with Crippen molar-refractivity contribution in [3.63, 3.8) is 0 Å². The number of nitrogens with zero attached hydrogens (tertiary/aromatic N) is 3. The Morgan fingerprint density at radius 2 is 1.92 bits per heavy atom. The molecule has 0 radical (unpaired) electrons. The van der Waals surface area contributed by atoms with E-state index in [4.69, 9.17) is 4.42 Å². The summed E-state index contributed by atoms with van der Waals surface area (Å²) >= 11 is 0. The van der Waals surface area contributed by atoms with E-state index in [9.17, 15) is 4.79 Å². The molecule has 0 aliphatic carbocycles. The molecule has 5 heteroatoms. The number of fused-ring (bicyclic) bond motifs is 1. The number of hydrogen-bond donors (Lipinski definition) is 0. The largest absolute Gasteiger partial charge is 0.441 e. The molecule has 26 heavy (non-hydrogen) atoms. The van der Waals surface area contributed by atoms with Crippen LogP contribution in [0.3, 0.4) is 0 Å². The van der Waals surface area contributed by atoms with Gasteiger partial charge in [-0.15, -0.1) is 0 Å². The molecule has 1 aliphatic heterocycles.